The fourth-order valence-corrected chi connectivity index (χ4v) is 2.88. The van der Waals surface area contributed by atoms with Gasteiger partial charge in [0.2, 0.25) is 5.82 Å². The van der Waals surface area contributed by atoms with Crippen LogP contribution in [0.4, 0.5) is 0 Å². The van der Waals surface area contributed by atoms with E-state index in [1.807, 2.05) is 24.3 Å². The Morgan fingerprint density at radius 2 is 1.86 bits per heavy atom. The van der Waals surface area contributed by atoms with Crippen molar-refractivity contribution in [2.45, 2.75) is 6.61 Å². The zero-order chi connectivity index (χ0) is 19.5. The number of hydrogen-bond acceptors (Lipinski definition) is 7. The number of methoxy groups -OCH3 is 1. The summed E-state index contributed by atoms with van der Waals surface area (Å²) in [6.45, 7) is -0.215. The Morgan fingerprint density at radius 1 is 1.07 bits per heavy atom. The number of fused-ring (bicyclic) bond motifs is 1. The van der Waals surface area contributed by atoms with Crippen LogP contribution in [-0.4, -0.2) is 28.3 Å². The highest BCUT2D eigenvalue weighted by Crippen LogP contribution is 2.30. The smallest absolute Gasteiger partial charge is 0.342 e. The van der Waals surface area contributed by atoms with Gasteiger partial charge in [0.25, 0.3) is 5.89 Å². The molecule has 0 saturated carbocycles. The van der Waals surface area contributed by atoms with Crippen molar-refractivity contribution in [3.63, 3.8) is 0 Å². The summed E-state index contributed by atoms with van der Waals surface area (Å²) in [4.78, 5) is 16.6. The van der Waals surface area contributed by atoms with E-state index >= 15 is 0 Å². The summed E-state index contributed by atoms with van der Waals surface area (Å²) < 4.78 is 15.7. The second-order valence-corrected chi connectivity index (χ2v) is 5.97. The molecule has 0 aliphatic rings. The van der Waals surface area contributed by atoms with E-state index in [1.54, 1.807) is 37.4 Å². The molecule has 0 radical (unpaired) electrons. The van der Waals surface area contributed by atoms with Gasteiger partial charge in [-0.15, -0.1) is 0 Å². The van der Waals surface area contributed by atoms with Crippen molar-refractivity contribution < 1.29 is 23.9 Å². The van der Waals surface area contributed by atoms with Crippen LogP contribution in [0.3, 0.4) is 0 Å². The first kappa shape index (κ1) is 17.5. The zero-order valence-electron chi connectivity index (χ0n) is 15.0. The summed E-state index contributed by atoms with van der Waals surface area (Å²) in [7, 11) is 1.55. The van der Waals surface area contributed by atoms with E-state index in [1.165, 1.54) is 6.07 Å². The number of para-hydroxylation sites is 1. The molecule has 4 rings (SSSR count). The van der Waals surface area contributed by atoms with E-state index in [-0.39, 0.29) is 23.8 Å². The first-order valence-electron chi connectivity index (χ1n) is 8.51. The molecule has 0 saturated heterocycles. The third-order valence-corrected chi connectivity index (χ3v) is 4.26. The fraction of sp³-hybridized carbons (Fsp3) is 0.0952. The Labute approximate surface area is 160 Å². The molecule has 0 aliphatic heterocycles. The Bertz CT molecular complexity index is 1150. The standard InChI is InChI=1S/C21H16N2O5/c1-26-17-9-5-4-8-15(17)20-22-18(28-23-20)12-27-21(25)16-11-10-13-6-2-3-7-14(13)19(16)24/h2-11,24H,12H2,1H3. The van der Waals surface area contributed by atoms with Crippen LogP contribution in [0.25, 0.3) is 22.2 Å². The van der Waals surface area contributed by atoms with Gasteiger partial charge < -0.3 is 19.1 Å². The quantitative estimate of drug-likeness (QED) is 0.527. The first-order chi connectivity index (χ1) is 13.7. The highest BCUT2D eigenvalue weighted by molar-refractivity contribution is 6.01. The summed E-state index contributed by atoms with van der Waals surface area (Å²) >= 11 is 0. The van der Waals surface area contributed by atoms with Crippen LogP contribution in [0, 0.1) is 0 Å². The monoisotopic (exact) mass is 376 g/mol. The predicted molar refractivity (Wildman–Crippen MR) is 101 cm³/mol. The van der Waals surface area contributed by atoms with E-state index < -0.39 is 5.97 Å². The minimum absolute atomic E-state index is 0.0724. The summed E-state index contributed by atoms with van der Waals surface area (Å²) in [5.41, 5.74) is 0.738. The van der Waals surface area contributed by atoms with E-state index in [2.05, 4.69) is 10.1 Å². The maximum atomic E-state index is 12.4. The molecule has 3 aromatic carbocycles. The average molecular weight is 376 g/mol. The number of nitrogens with zero attached hydrogens (tertiary/aromatic N) is 2. The molecule has 7 nitrogen and oxygen atoms in total. The Morgan fingerprint density at radius 3 is 2.71 bits per heavy atom. The lowest BCUT2D eigenvalue weighted by atomic mass is 10.1. The molecule has 28 heavy (non-hydrogen) atoms. The SMILES string of the molecule is COc1ccccc1-c1noc(COC(=O)c2ccc3ccccc3c2O)n1. The maximum Gasteiger partial charge on any atom is 0.342 e. The van der Waals surface area contributed by atoms with Crippen LogP contribution in [-0.2, 0) is 11.3 Å². The molecule has 0 spiro atoms. The number of phenols is 1. The van der Waals surface area contributed by atoms with Gasteiger partial charge in [-0.3, -0.25) is 0 Å². The van der Waals surface area contributed by atoms with Gasteiger partial charge in [-0.05, 0) is 23.6 Å². The van der Waals surface area contributed by atoms with Crippen LogP contribution >= 0.6 is 0 Å². The van der Waals surface area contributed by atoms with E-state index in [4.69, 9.17) is 14.0 Å². The van der Waals surface area contributed by atoms with Gasteiger partial charge in [0.05, 0.1) is 12.7 Å². The van der Waals surface area contributed by atoms with Gasteiger partial charge in [-0.2, -0.15) is 4.98 Å². The van der Waals surface area contributed by atoms with Crippen LogP contribution in [0.5, 0.6) is 11.5 Å². The number of hydrogen-bond donors (Lipinski definition) is 1. The molecule has 0 fully saturated rings. The number of aromatic hydroxyl groups is 1. The minimum Gasteiger partial charge on any atom is -0.506 e. The number of rotatable bonds is 5. The Kier molecular flexibility index (Phi) is 4.63. The normalized spacial score (nSPS) is 10.8. The van der Waals surface area contributed by atoms with E-state index in [0.29, 0.717) is 22.5 Å². The molecule has 1 heterocycles. The zero-order valence-corrected chi connectivity index (χ0v) is 15.0. The molecular formula is C21H16N2O5. The molecule has 0 unspecified atom stereocenters. The highest BCUT2D eigenvalue weighted by atomic mass is 16.6. The average Bonchev–Trinajstić information content (AvgIpc) is 3.21. The third-order valence-electron chi connectivity index (χ3n) is 4.26. The second kappa shape index (κ2) is 7.40. The van der Waals surface area contributed by atoms with Crippen LogP contribution in [0.2, 0.25) is 0 Å². The van der Waals surface area contributed by atoms with Gasteiger partial charge in [0, 0.05) is 5.39 Å². The second-order valence-electron chi connectivity index (χ2n) is 5.97. The van der Waals surface area contributed by atoms with Gasteiger partial charge in [-0.1, -0.05) is 47.6 Å². The van der Waals surface area contributed by atoms with E-state index in [9.17, 15) is 9.90 Å². The molecule has 140 valence electrons. The number of ether oxygens (including phenoxy) is 2. The van der Waals surface area contributed by atoms with Crippen LogP contribution in [0.15, 0.2) is 65.2 Å². The fourth-order valence-electron chi connectivity index (χ4n) is 2.88. The van der Waals surface area contributed by atoms with Crippen LogP contribution < -0.4 is 4.74 Å². The molecule has 1 N–H and O–H groups in total. The van der Waals surface area contributed by atoms with Gasteiger partial charge in [0.1, 0.15) is 17.1 Å². The van der Waals surface area contributed by atoms with Crippen molar-refractivity contribution in [1.29, 1.82) is 0 Å². The van der Waals surface area contributed by atoms with Gasteiger partial charge >= 0.3 is 5.97 Å². The Hall–Kier alpha value is -3.87. The number of phenolic OH excluding ortho intramolecular Hbond substituents is 1. The van der Waals surface area contributed by atoms with Crippen molar-refractivity contribution in [2.75, 3.05) is 7.11 Å². The molecule has 4 aromatic rings. The molecule has 0 aliphatic carbocycles. The molecule has 0 atom stereocenters. The molecule has 7 heteroatoms. The highest BCUT2D eigenvalue weighted by Gasteiger charge is 2.18. The van der Waals surface area contributed by atoms with Crippen molar-refractivity contribution in [2.24, 2.45) is 0 Å². The lowest BCUT2D eigenvalue weighted by molar-refractivity contribution is 0.0427. The lowest BCUT2D eigenvalue weighted by Gasteiger charge is -2.07. The van der Waals surface area contributed by atoms with E-state index in [0.717, 1.165) is 5.39 Å². The Balaban J connectivity index is 1.50. The largest absolute Gasteiger partial charge is 0.506 e. The third kappa shape index (κ3) is 3.25. The number of carbonyl (C=O) groups excluding carboxylic acids is 1. The number of esters is 1. The van der Waals surface area contributed by atoms with Crippen molar-refractivity contribution in [1.82, 2.24) is 10.1 Å². The molecule has 1 aromatic heterocycles. The summed E-state index contributed by atoms with van der Waals surface area (Å²) in [6.07, 6.45) is 0. The summed E-state index contributed by atoms with van der Waals surface area (Å²) in [5.74, 6) is 0.267. The topological polar surface area (TPSA) is 94.7 Å². The maximum absolute atomic E-state index is 12.4. The van der Waals surface area contributed by atoms with Crippen LogP contribution in [0.1, 0.15) is 16.2 Å². The summed E-state index contributed by atoms with van der Waals surface area (Å²) in [6, 6.07) is 17.7. The molecule has 0 amide bonds. The molecular weight excluding hydrogens is 360 g/mol. The van der Waals surface area contributed by atoms with Gasteiger partial charge in [-0.25, -0.2) is 4.79 Å². The predicted octanol–water partition coefficient (Wildman–Crippen LogP) is 3.96. The summed E-state index contributed by atoms with van der Waals surface area (Å²) in [5, 5.41) is 15.7. The van der Waals surface area contributed by atoms with Crippen molar-refractivity contribution in [3.05, 3.63) is 72.1 Å². The van der Waals surface area contributed by atoms with Crippen molar-refractivity contribution >= 4 is 16.7 Å². The van der Waals surface area contributed by atoms with Gasteiger partial charge in [0.15, 0.2) is 6.61 Å². The number of carbonyl (C=O) groups is 1. The molecule has 0 bridgehead atoms. The number of benzene rings is 3. The minimum atomic E-state index is -0.680. The number of aromatic nitrogens is 2. The lowest BCUT2D eigenvalue weighted by Crippen LogP contribution is -2.06. The first-order valence-corrected chi connectivity index (χ1v) is 8.51. The van der Waals surface area contributed by atoms with Crippen molar-refractivity contribution in [3.8, 4) is 22.9 Å².